The Kier molecular flexibility index (Phi) is 5.96. The molecule has 1 aromatic rings. The molecule has 0 radical (unpaired) electrons. The third kappa shape index (κ3) is 4.29. The van der Waals surface area contributed by atoms with Crippen LogP contribution in [0, 0.1) is 0 Å². The first-order valence-electron chi connectivity index (χ1n) is 8.47. The summed E-state index contributed by atoms with van der Waals surface area (Å²) in [7, 11) is -1.69. The molecule has 22 heavy (non-hydrogen) atoms. The van der Waals surface area contributed by atoms with E-state index in [1.54, 1.807) is 17.7 Å². The van der Waals surface area contributed by atoms with Crippen LogP contribution in [0.1, 0.15) is 45.4 Å². The van der Waals surface area contributed by atoms with E-state index in [4.69, 9.17) is 0 Å². The summed E-state index contributed by atoms with van der Waals surface area (Å²) >= 11 is 0. The van der Waals surface area contributed by atoms with Gasteiger partial charge in [0, 0.05) is 6.42 Å². The number of benzene rings is 1. The number of ketones is 1. The number of rotatable bonds is 6. The second-order valence-electron chi connectivity index (χ2n) is 6.82. The minimum Gasteiger partial charge on any atom is -0.300 e. The second-order valence-corrected chi connectivity index (χ2v) is 11.2. The van der Waals surface area contributed by atoms with Gasteiger partial charge in [0.05, 0.1) is 0 Å². The van der Waals surface area contributed by atoms with E-state index in [1.165, 1.54) is 30.9 Å². The van der Waals surface area contributed by atoms with Crippen molar-refractivity contribution in [1.82, 2.24) is 0 Å². The van der Waals surface area contributed by atoms with Gasteiger partial charge in [0.25, 0.3) is 0 Å². The molecule has 0 spiro atoms. The zero-order valence-electron chi connectivity index (χ0n) is 14.2. The van der Waals surface area contributed by atoms with Crippen molar-refractivity contribution >= 4 is 19.0 Å². The van der Waals surface area contributed by atoms with Crippen LogP contribution < -0.4 is 5.19 Å². The molecule has 0 aliphatic heterocycles. The van der Waals surface area contributed by atoms with Gasteiger partial charge < -0.3 is 4.79 Å². The summed E-state index contributed by atoms with van der Waals surface area (Å²) in [6.45, 7) is 6.57. The Hall–Kier alpha value is -1.41. The average molecular weight is 313 g/mol. The molecule has 0 atom stereocenters. The maximum Gasteiger partial charge on any atom is 0.130 e. The molecule has 0 aromatic heterocycles. The van der Waals surface area contributed by atoms with Crippen molar-refractivity contribution in [1.29, 1.82) is 0 Å². The summed E-state index contributed by atoms with van der Waals surface area (Å²) in [6.07, 6.45) is 11.4. The molecule has 1 aliphatic rings. The molecule has 0 amide bonds. The first-order chi connectivity index (χ1) is 10.5. The molecule has 118 valence electrons. The van der Waals surface area contributed by atoms with Gasteiger partial charge in [0.15, 0.2) is 0 Å². The van der Waals surface area contributed by atoms with Crippen molar-refractivity contribution in [3.63, 3.8) is 0 Å². The molecule has 0 unspecified atom stereocenters. The van der Waals surface area contributed by atoms with Crippen LogP contribution in [0.25, 0.3) is 0 Å². The normalized spacial score (nSPS) is 16.3. The van der Waals surface area contributed by atoms with Gasteiger partial charge in [-0.3, -0.25) is 0 Å². The summed E-state index contributed by atoms with van der Waals surface area (Å²) in [5.41, 5.74) is 1.55. The van der Waals surface area contributed by atoms with E-state index in [-0.39, 0.29) is 5.78 Å². The number of hydrogen-bond donors (Lipinski definition) is 0. The molecular weight excluding hydrogens is 284 g/mol. The maximum atomic E-state index is 11.3. The molecular formula is C20H28OSi. The van der Waals surface area contributed by atoms with E-state index in [9.17, 15) is 4.79 Å². The highest BCUT2D eigenvalue weighted by atomic mass is 28.3. The number of carbonyl (C=O) groups excluding carboxylic acids is 1. The Morgan fingerprint density at radius 1 is 1.18 bits per heavy atom. The van der Waals surface area contributed by atoms with Gasteiger partial charge in [-0.25, -0.2) is 0 Å². The number of hydrogen-bond acceptors (Lipinski definition) is 1. The molecule has 0 N–H and O–H groups in total. The number of carbonyl (C=O) groups is 1. The molecule has 0 saturated heterocycles. The quantitative estimate of drug-likeness (QED) is 0.680. The summed E-state index contributed by atoms with van der Waals surface area (Å²) in [4.78, 5) is 11.3. The third-order valence-electron chi connectivity index (χ3n) is 4.65. The topological polar surface area (TPSA) is 17.1 Å². The molecule has 0 fully saturated rings. The molecule has 1 aromatic carbocycles. The molecule has 1 nitrogen and oxygen atoms in total. The SMILES string of the molecule is CC(=O)CC/C=C(/C1=CCCCC1)[Si](C)(C)c1ccccc1. The van der Waals surface area contributed by atoms with Crippen LogP contribution in [0.4, 0.5) is 0 Å². The lowest BCUT2D eigenvalue weighted by Crippen LogP contribution is -2.44. The number of allylic oxidation sites excluding steroid dienone is 4. The molecule has 1 aliphatic carbocycles. The fourth-order valence-electron chi connectivity index (χ4n) is 3.30. The zero-order chi connectivity index (χ0) is 16.0. The smallest absolute Gasteiger partial charge is 0.130 e. The maximum absolute atomic E-state index is 11.3. The van der Waals surface area contributed by atoms with Crippen molar-refractivity contribution in [2.75, 3.05) is 0 Å². The van der Waals surface area contributed by atoms with E-state index < -0.39 is 8.07 Å². The Morgan fingerprint density at radius 3 is 2.50 bits per heavy atom. The van der Waals surface area contributed by atoms with Crippen LogP contribution in [-0.4, -0.2) is 13.9 Å². The molecule has 2 rings (SSSR count). The molecule has 0 bridgehead atoms. The van der Waals surface area contributed by atoms with Crippen LogP contribution in [0.15, 0.2) is 53.3 Å². The van der Waals surface area contributed by atoms with Crippen LogP contribution in [-0.2, 0) is 4.79 Å². The summed E-state index contributed by atoms with van der Waals surface area (Å²) in [5.74, 6) is 0.285. The van der Waals surface area contributed by atoms with Crippen molar-refractivity contribution in [3.05, 3.63) is 53.3 Å². The van der Waals surface area contributed by atoms with Crippen molar-refractivity contribution < 1.29 is 4.79 Å². The van der Waals surface area contributed by atoms with Crippen LogP contribution >= 0.6 is 0 Å². The Morgan fingerprint density at radius 2 is 1.91 bits per heavy atom. The van der Waals surface area contributed by atoms with E-state index in [0.717, 1.165) is 6.42 Å². The molecule has 0 heterocycles. The van der Waals surface area contributed by atoms with Gasteiger partial charge in [-0.2, -0.15) is 0 Å². The van der Waals surface area contributed by atoms with Crippen LogP contribution in [0.3, 0.4) is 0 Å². The Bertz CT molecular complexity index is 567. The van der Waals surface area contributed by atoms with Crippen molar-refractivity contribution in [2.45, 2.75) is 58.5 Å². The van der Waals surface area contributed by atoms with E-state index in [2.05, 4.69) is 55.6 Å². The van der Waals surface area contributed by atoms with Gasteiger partial charge in [-0.05, 0) is 39.0 Å². The van der Waals surface area contributed by atoms with Crippen LogP contribution in [0.5, 0.6) is 0 Å². The fraction of sp³-hybridized carbons (Fsp3) is 0.450. The molecule has 0 saturated carbocycles. The number of Topliss-reactive ketones (excluding diaryl/α,β-unsaturated/α-hetero) is 1. The largest absolute Gasteiger partial charge is 0.300 e. The lowest BCUT2D eigenvalue weighted by atomic mass is 9.98. The third-order valence-corrected chi connectivity index (χ3v) is 8.30. The van der Waals surface area contributed by atoms with Gasteiger partial charge in [0.1, 0.15) is 13.9 Å². The Balaban J connectivity index is 2.34. The first-order valence-corrected chi connectivity index (χ1v) is 11.5. The predicted molar refractivity (Wildman–Crippen MR) is 98.1 cm³/mol. The minimum atomic E-state index is -1.69. The lowest BCUT2D eigenvalue weighted by Gasteiger charge is -2.30. The Labute approximate surface area is 136 Å². The first kappa shape index (κ1) is 16.9. The van der Waals surface area contributed by atoms with Gasteiger partial charge >= 0.3 is 0 Å². The highest BCUT2D eigenvalue weighted by Crippen LogP contribution is 2.30. The van der Waals surface area contributed by atoms with E-state index in [0.29, 0.717) is 6.42 Å². The van der Waals surface area contributed by atoms with Gasteiger partial charge in [-0.1, -0.05) is 71.5 Å². The minimum absolute atomic E-state index is 0.285. The van der Waals surface area contributed by atoms with Crippen LogP contribution in [0.2, 0.25) is 13.1 Å². The van der Waals surface area contributed by atoms with Gasteiger partial charge in [0.2, 0.25) is 0 Å². The lowest BCUT2D eigenvalue weighted by molar-refractivity contribution is -0.116. The fourth-order valence-corrected chi connectivity index (χ4v) is 6.32. The average Bonchev–Trinajstić information content (AvgIpc) is 2.53. The molecule has 2 heteroatoms. The van der Waals surface area contributed by atoms with E-state index in [1.807, 2.05) is 0 Å². The predicted octanol–water partition coefficient (Wildman–Crippen LogP) is 4.94. The summed E-state index contributed by atoms with van der Waals surface area (Å²) in [5, 5.41) is 3.04. The van der Waals surface area contributed by atoms with E-state index >= 15 is 0 Å². The summed E-state index contributed by atoms with van der Waals surface area (Å²) < 4.78 is 0. The zero-order valence-corrected chi connectivity index (χ0v) is 15.2. The van der Waals surface area contributed by atoms with Gasteiger partial charge in [-0.15, -0.1) is 0 Å². The standard InChI is InChI=1S/C20H28OSi/c1-17(21)11-10-16-20(18-12-6-4-7-13-18)22(2,3)19-14-8-5-9-15-19/h5,8-9,12,14-16H,4,6-7,10-11,13H2,1-3H3/b20-16-. The van der Waals surface area contributed by atoms with Crippen molar-refractivity contribution in [2.24, 2.45) is 0 Å². The highest BCUT2D eigenvalue weighted by molar-refractivity contribution is 6.96. The second kappa shape index (κ2) is 7.73. The highest BCUT2D eigenvalue weighted by Gasteiger charge is 2.30. The summed E-state index contributed by atoms with van der Waals surface area (Å²) in [6, 6.07) is 10.9. The van der Waals surface area contributed by atoms with Crippen molar-refractivity contribution in [3.8, 4) is 0 Å². The monoisotopic (exact) mass is 312 g/mol.